The third-order valence-corrected chi connectivity index (χ3v) is 2.23. The quantitative estimate of drug-likeness (QED) is 0.848. The van der Waals surface area contributed by atoms with E-state index in [-0.39, 0.29) is 5.56 Å². The van der Waals surface area contributed by atoms with Gasteiger partial charge in [-0.2, -0.15) is 0 Å². The van der Waals surface area contributed by atoms with Crippen molar-refractivity contribution in [1.29, 1.82) is 0 Å². The van der Waals surface area contributed by atoms with Gasteiger partial charge in [0.25, 0.3) is 0 Å². The van der Waals surface area contributed by atoms with Gasteiger partial charge in [0.05, 0.1) is 11.8 Å². The molecule has 0 aliphatic rings. The van der Waals surface area contributed by atoms with E-state index < -0.39 is 5.97 Å². The molecule has 2 aromatic rings. The van der Waals surface area contributed by atoms with Gasteiger partial charge in [0.15, 0.2) is 0 Å². The van der Waals surface area contributed by atoms with Crippen LogP contribution in [0.2, 0.25) is 5.02 Å². The van der Waals surface area contributed by atoms with E-state index in [2.05, 4.69) is 0 Å². The fourth-order valence-corrected chi connectivity index (χ4v) is 1.51. The van der Waals surface area contributed by atoms with Gasteiger partial charge in [-0.25, -0.2) is 4.79 Å². The first-order valence-corrected chi connectivity index (χ1v) is 4.63. The number of aromatic carboxylic acids is 1. The summed E-state index contributed by atoms with van der Waals surface area (Å²) >= 11 is 5.73. The van der Waals surface area contributed by atoms with Crippen molar-refractivity contribution in [2.24, 2.45) is 0 Å². The van der Waals surface area contributed by atoms with Crippen molar-refractivity contribution in [3.63, 3.8) is 0 Å². The minimum absolute atomic E-state index is 0.137. The Hall–Kier alpha value is -1.74. The van der Waals surface area contributed by atoms with Gasteiger partial charge in [-0.15, -0.1) is 0 Å². The third-order valence-electron chi connectivity index (χ3n) is 2.00. The highest BCUT2D eigenvalue weighted by Gasteiger charge is 2.13. The first-order chi connectivity index (χ1) is 7.18. The minimum Gasteiger partial charge on any atom is -0.478 e. The molecule has 0 aliphatic carbocycles. The van der Waals surface area contributed by atoms with Gasteiger partial charge in [-0.3, -0.25) is 0 Å². The van der Waals surface area contributed by atoms with Crippen LogP contribution in [0.15, 0.2) is 41.0 Å². The first kappa shape index (κ1) is 9.80. The number of carboxylic acids is 1. The fourth-order valence-electron chi connectivity index (χ4n) is 1.34. The van der Waals surface area contributed by atoms with Crippen LogP contribution in [0.5, 0.6) is 0 Å². The number of furan rings is 1. The van der Waals surface area contributed by atoms with E-state index in [0.29, 0.717) is 16.3 Å². The van der Waals surface area contributed by atoms with Crippen molar-refractivity contribution < 1.29 is 14.3 Å². The van der Waals surface area contributed by atoms with Crippen LogP contribution in [0.3, 0.4) is 0 Å². The Labute approximate surface area is 90.9 Å². The Bertz CT molecular complexity index is 489. The molecule has 0 fully saturated rings. The Morgan fingerprint density at radius 1 is 1.33 bits per heavy atom. The van der Waals surface area contributed by atoms with Crippen molar-refractivity contribution in [3.8, 4) is 11.3 Å². The Balaban J connectivity index is 2.61. The highest BCUT2D eigenvalue weighted by Crippen LogP contribution is 2.26. The molecule has 0 radical (unpaired) electrons. The molecule has 0 unspecified atom stereocenters. The standard InChI is InChI=1S/C11H7ClO3/c12-7-3-4-8(9(6-7)11(13)14)10-2-1-5-15-10/h1-6H,(H,13,14). The van der Waals surface area contributed by atoms with Crippen molar-refractivity contribution in [1.82, 2.24) is 0 Å². The molecule has 0 atom stereocenters. The van der Waals surface area contributed by atoms with Crippen LogP contribution in [-0.2, 0) is 0 Å². The number of hydrogen-bond acceptors (Lipinski definition) is 2. The molecule has 1 aromatic carbocycles. The predicted molar refractivity (Wildman–Crippen MR) is 56.1 cm³/mol. The zero-order valence-electron chi connectivity index (χ0n) is 7.61. The van der Waals surface area contributed by atoms with Crippen molar-refractivity contribution in [2.75, 3.05) is 0 Å². The van der Waals surface area contributed by atoms with E-state index >= 15 is 0 Å². The Morgan fingerprint density at radius 2 is 2.13 bits per heavy atom. The van der Waals surface area contributed by atoms with Crippen LogP contribution in [0, 0.1) is 0 Å². The molecule has 1 N–H and O–H groups in total. The van der Waals surface area contributed by atoms with E-state index in [1.807, 2.05) is 0 Å². The second kappa shape index (κ2) is 3.79. The van der Waals surface area contributed by atoms with Crippen LogP contribution in [0.4, 0.5) is 0 Å². The maximum absolute atomic E-state index is 11.0. The van der Waals surface area contributed by atoms with E-state index in [1.165, 1.54) is 12.3 Å². The van der Waals surface area contributed by atoms with Crippen LogP contribution in [0.25, 0.3) is 11.3 Å². The lowest BCUT2D eigenvalue weighted by Crippen LogP contribution is -1.98. The summed E-state index contributed by atoms with van der Waals surface area (Å²) in [6, 6.07) is 8.07. The van der Waals surface area contributed by atoms with E-state index in [0.717, 1.165) is 0 Å². The number of benzene rings is 1. The van der Waals surface area contributed by atoms with Crippen molar-refractivity contribution >= 4 is 17.6 Å². The van der Waals surface area contributed by atoms with Crippen LogP contribution < -0.4 is 0 Å². The zero-order chi connectivity index (χ0) is 10.8. The van der Waals surface area contributed by atoms with E-state index in [9.17, 15) is 4.79 Å². The van der Waals surface area contributed by atoms with Gasteiger partial charge in [0.1, 0.15) is 5.76 Å². The average Bonchev–Trinajstić information content (AvgIpc) is 2.70. The van der Waals surface area contributed by atoms with Gasteiger partial charge in [-0.05, 0) is 30.3 Å². The highest BCUT2D eigenvalue weighted by atomic mass is 35.5. The highest BCUT2D eigenvalue weighted by molar-refractivity contribution is 6.31. The second-order valence-electron chi connectivity index (χ2n) is 2.97. The maximum Gasteiger partial charge on any atom is 0.336 e. The Morgan fingerprint density at radius 3 is 2.73 bits per heavy atom. The van der Waals surface area contributed by atoms with Crippen LogP contribution in [0.1, 0.15) is 10.4 Å². The third kappa shape index (κ3) is 1.87. The summed E-state index contributed by atoms with van der Waals surface area (Å²) in [6.45, 7) is 0. The number of halogens is 1. The molecular weight excluding hydrogens is 216 g/mol. The summed E-state index contributed by atoms with van der Waals surface area (Å²) in [4.78, 5) is 11.0. The molecule has 0 amide bonds. The lowest BCUT2D eigenvalue weighted by atomic mass is 10.1. The minimum atomic E-state index is -1.02. The summed E-state index contributed by atoms with van der Waals surface area (Å²) < 4.78 is 5.14. The molecule has 0 saturated carbocycles. The molecule has 4 heteroatoms. The van der Waals surface area contributed by atoms with Gasteiger partial charge < -0.3 is 9.52 Å². The van der Waals surface area contributed by atoms with Crippen molar-refractivity contribution in [3.05, 3.63) is 47.2 Å². The molecule has 0 bridgehead atoms. The maximum atomic E-state index is 11.0. The van der Waals surface area contributed by atoms with Crippen LogP contribution >= 0.6 is 11.6 Å². The molecular formula is C11H7ClO3. The fraction of sp³-hybridized carbons (Fsp3) is 0. The Kier molecular flexibility index (Phi) is 2.47. The molecule has 2 rings (SSSR count). The monoisotopic (exact) mass is 222 g/mol. The second-order valence-corrected chi connectivity index (χ2v) is 3.41. The predicted octanol–water partition coefficient (Wildman–Crippen LogP) is 3.30. The summed E-state index contributed by atoms with van der Waals surface area (Å²) in [6.07, 6.45) is 1.50. The average molecular weight is 223 g/mol. The topological polar surface area (TPSA) is 50.4 Å². The van der Waals surface area contributed by atoms with Gasteiger partial charge in [0.2, 0.25) is 0 Å². The molecule has 76 valence electrons. The molecule has 3 nitrogen and oxygen atoms in total. The molecule has 0 aliphatic heterocycles. The van der Waals surface area contributed by atoms with E-state index in [4.69, 9.17) is 21.1 Å². The molecule has 0 saturated heterocycles. The number of carboxylic acid groups (broad SMARTS) is 1. The first-order valence-electron chi connectivity index (χ1n) is 4.25. The zero-order valence-corrected chi connectivity index (χ0v) is 8.36. The van der Waals surface area contributed by atoms with Crippen molar-refractivity contribution in [2.45, 2.75) is 0 Å². The smallest absolute Gasteiger partial charge is 0.336 e. The number of carbonyl (C=O) groups is 1. The summed E-state index contributed by atoms with van der Waals surface area (Å²) in [5.41, 5.74) is 0.661. The molecule has 15 heavy (non-hydrogen) atoms. The largest absolute Gasteiger partial charge is 0.478 e. The summed E-state index contributed by atoms with van der Waals surface area (Å²) in [7, 11) is 0. The SMILES string of the molecule is O=C(O)c1cc(Cl)ccc1-c1ccco1. The molecule has 1 heterocycles. The van der Waals surface area contributed by atoms with Crippen LogP contribution in [-0.4, -0.2) is 11.1 Å². The van der Waals surface area contributed by atoms with Gasteiger partial charge in [0, 0.05) is 10.6 Å². The lowest BCUT2D eigenvalue weighted by molar-refractivity contribution is 0.0697. The molecule has 0 spiro atoms. The van der Waals surface area contributed by atoms with E-state index in [1.54, 1.807) is 24.3 Å². The number of hydrogen-bond donors (Lipinski definition) is 1. The number of rotatable bonds is 2. The molecule has 1 aromatic heterocycles. The normalized spacial score (nSPS) is 10.2. The van der Waals surface area contributed by atoms with Gasteiger partial charge >= 0.3 is 5.97 Å². The van der Waals surface area contributed by atoms with Gasteiger partial charge in [-0.1, -0.05) is 11.6 Å². The summed E-state index contributed by atoms with van der Waals surface area (Å²) in [5.74, 6) is -0.507. The summed E-state index contributed by atoms with van der Waals surface area (Å²) in [5, 5.41) is 9.38. The lowest BCUT2D eigenvalue weighted by Gasteiger charge is -2.03.